The molecule has 0 aliphatic heterocycles. The standard InChI is InChI=1S/C42H83NO5.C36H73NO3.C34H67NO4/c1-3-5-7-9-11-13-15-16-17-18-19-20-21-22-23-24-26-28-30-32-34-41(47)42(48)43-39(37-44)40(46)36-35-38(45)33-31-29-27-25-14-12-10-8-6-4-2;1-3-5-7-9-11-13-15-17-18-20-22-24-26-28-30-32-36(40)37-34(33-38)35(39)31-29-27-25-23-21-19-16-14-12-10-8-6-4-2;1-3-5-7-9-11-13-15-17-19-20-22-24-26-28-32(37)31(30-36)35-34(39)33(38)29-27-25-23-21-18-16-14-12-10-8-6-4-2/h35-36,38-41,44-47H,3-34,37H2,1-2H3,(H,43,48);34-35,38-39H,3-33H2,1-2H3,(H,37,40);26,28,31-33,36-38H,3-25,27,29-30H2,1-2H3,(H,35,39)/b36-35+;;28-26+. The van der Waals surface area contributed by atoms with E-state index in [4.69, 9.17) is 0 Å². The van der Waals surface area contributed by atoms with Crippen LogP contribution in [0.2, 0.25) is 0 Å². The number of hydrogen-bond acceptors (Lipinski definition) is 12. The van der Waals surface area contributed by atoms with Gasteiger partial charge in [-0.3, -0.25) is 14.4 Å². The van der Waals surface area contributed by atoms with Crippen molar-refractivity contribution in [3.8, 4) is 0 Å². The summed E-state index contributed by atoms with van der Waals surface area (Å²) in [5, 5.41) is 99.1. The summed E-state index contributed by atoms with van der Waals surface area (Å²) < 4.78 is 0. The first kappa shape index (κ1) is 129. The van der Waals surface area contributed by atoms with E-state index in [0.29, 0.717) is 32.1 Å². The summed E-state index contributed by atoms with van der Waals surface area (Å²) in [5.41, 5.74) is 0. The molecule has 0 aromatic rings. The molecule has 0 aromatic heterocycles. The Bertz CT molecular complexity index is 2190. The van der Waals surface area contributed by atoms with Crippen molar-refractivity contribution in [2.24, 2.45) is 0 Å². The summed E-state index contributed by atoms with van der Waals surface area (Å²) >= 11 is 0. The van der Waals surface area contributed by atoms with E-state index >= 15 is 0 Å². The minimum Gasteiger partial charge on any atom is -0.394 e. The molecule has 12 N–H and O–H groups in total. The number of rotatable bonds is 101. The van der Waals surface area contributed by atoms with Crippen LogP contribution in [0.4, 0.5) is 0 Å². The SMILES string of the molecule is CCCCCCCCCCCCC/C=C/C(O)C(CO)NC(=O)C(O)CCCCCCCCCCCCCC.CCCCCCCCCCCCCCCCCC(=O)NC(CO)C(O)CCCCCCCCCCCCCCC.CCCCCCCCCCCCCCCCCCCCCCC(O)C(=O)NC(CO)C(O)/C=C/C(O)CCCCCCCCCCCC. The molecule has 0 aromatic carbocycles. The van der Waals surface area contributed by atoms with Gasteiger partial charge in [-0.2, -0.15) is 0 Å². The molecule has 15 heteroatoms. The summed E-state index contributed by atoms with van der Waals surface area (Å²) in [7, 11) is 0. The second-order valence-corrected chi connectivity index (χ2v) is 39.1. The molecule has 0 rings (SSSR count). The second-order valence-electron chi connectivity index (χ2n) is 39.1. The lowest BCUT2D eigenvalue weighted by Crippen LogP contribution is -2.48. The number of nitrogens with one attached hydrogen (secondary N) is 3. The average Bonchev–Trinajstić information content (AvgIpc) is 0.913. The predicted octanol–water partition coefficient (Wildman–Crippen LogP) is 29.7. The van der Waals surface area contributed by atoms with Gasteiger partial charge in [0.1, 0.15) is 12.2 Å². The van der Waals surface area contributed by atoms with Gasteiger partial charge in [-0.05, 0) is 44.9 Å². The Hall–Kier alpha value is -2.47. The molecule has 758 valence electrons. The van der Waals surface area contributed by atoms with Gasteiger partial charge in [0.25, 0.3) is 0 Å². The van der Waals surface area contributed by atoms with Gasteiger partial charge in [0.2, 0.25) is 17.7 Å². The average molecular weight is 1800 g/mol. The molecule has 0 bridgehead atoms. The van der Waals surface area contributed by atoms with Gasteiger partial charge in [0, 0.05) is 6.42 Å². The van der Waals surface area contributed by atoms with Crippen molar-refractivity contribution in [2.75, 3.05) is 19.8 Å². The minimum atomic E-state index is -1.15. The van der Waals surface area contributed by atoms with E-state index in [9.17, 15) is 60.3 Å². The predicted molar refractivity (Wildman–Crippen MR) is 547 cm³/mol. The molecular formula is C112H223N3O12. The molecule has 0 fully saturated rings. The first-order chi connectivity index (χ1) is 62.2. The van der Waals surface area contributed by atoms with Crippen molar-refractivity contribution in [2.45, 2.75) is 655 Å². The lowest BCUT2D eigenvalue weighted by molar-refractivity contribution is -0.132. The fraction of sp³-hybridized carbons (Fsp3) is 0.938. The van der Waals surface area contributed by atoms with Crippen molar-refractivity contribution in [1.29, 1.82) is 0 Å². The third-order valence-corrected chi connectivity index (χ3v) is 26.5. The second kappa shape index (κ2) is 109. The Labute approximate surface area is 788 Å². The maximum Gasteiger partial charge on any atom is 0.249 e. The molecule has 0 heterocycles. The van der Waals surface area contributed by atoms with Crippen LogP contribution in [0.1, 0.15) is 600 Å². The Balaban J connectivity index is -0.00000183. The number of unbranched alkanes of at least 4 members (excludes halogenated alkanes) is 76. The maximum atomic E-state index is 12.4. The number of amides is 3. The van der Waals surface area contributed by atoms with E-state index < -0.39 is 73.2 Å². The number of aliphatic hydroxyl groups excluding tert-OH is 9. The largest absolute Gasteiger partial charge is 0.394 e. The van der Waals surface area contributed by atoms with Crippen LogP contribution in [0.15, 0.2) is 24.3 Å². The molecule has 0 spiro atoms. The fourth-order valence-corrected chi connectivity index (χ4v) is 17.5. The van der Waals surface area contributed by atoms with E-state index in [-0.39, 0.29) is 19.1 Å². The molecular weight excluding hydrogens is 1580 g/mol. The van der Waals surface area contributed by atoms with E-state index in [1.54, 1.807) is 12.2 Å². The highest BCUT2D eigenvalue weighted by molar-refractivity contribution is 5.81. The number of allylic oxidation sites excluding steroid dienone is 1. The topological polar surface area (TPSA) is 269 Å². The summed E-state index contributed by atoms with van der Waals surface area (Å²) in [6.07, 6.45) is 109. The first-order valence-electron chi connectivity index (χ1n) is 56.3. The van der Waals surface area contributed by atoms with Crippen molar-refractivity contribution in [3.05, 3.63) is 24.3 Å². The quantitative estimate of drug-likeness (QED) is 0.0200. The van der Waals surface area contributed by atoms with E-state index in [0.717, 1.165) is 89.9 Å². The van der Waals surface area contributed by atoms with Crippen LogP contribution < -0.4 is 16.0 Å². The van der Waals surface area contributed by atoms with Crippen LogP contribution in [0.3, 0.4) is 0 Å². The number of carbonyl (C=O) groups is 3. The lowest BCUT2D eigenvalue weighted by Gasteiger charge is -2.22. The van der Waals surface area contributed by atoms with E-state index in [1.165, 1.54) is 443 Å². The van der Waals surface area contributed by atoms with Gasteiger partial charge in [0.05, 0.1) is 62.4 Å². The van der Waals surface area contributed by atoms with Crippen LogP contribution in [0.25, 0.3) is 0 Å². The highest BCUT2D eigenvalue weighted by Crippen LogP contribution is 2.23. The Morgan fingerprint density at radius 1 is 0.220 bits per heavy atom. The summed E-state index contributed by atoms with van der Waals surface area (Å²) in [5.74, 6) is -1.10. The third-order valence-electron chi connectivity index (χ3n) is 26.5. The van der Waals surface area contributed by atoms with Gasteiger partial charge in [-0.1, -0.05) is 573 Å². The van der Waals surface area contributed by atoms with Crippen molar-refractivity contribution >= 4 is 17.7 Å². The molecule has 15 nitrogen and oxygen atoms in total. The Kier molecular flexibility index (Phi) is 110. The summed E-state index contributed by atoms with van der Waals surface area (Å²) in [4.78, 5) is 37.1. The van der Waals surface area contributed by atoms with E-state index in [1.807, 2.05) is 6.08 Å². The molecule has 3 amide bonds. The molecule has 0 saturated carbocycles. The van der Waals surface area contributed by atoms with Gasteiger partial charge < -0.3 is 61.9 Å². The number of carbonyl (C=O) groups excluding carboxylic acids is 3. The summed E-state index contributed by atoms with van der Waals surface area (Å²) in [6, 6.07) is -2.23. The normalized spacial score (nSPS) is 13.9. The molecule has 0 aliphatic carbocycles. The molecule has 0 aliphatic rings. The zero-order chi connectivity index (χ0) is 93.5. The maximum absolute atomic E-state index is 12.4. The minimum absolute atomic E-state index is 0.0295. The van der Waals surface area contributed by atoms with Crippen molar-refractivity contribution < 1.29 is 60.3 Å². The van der Waals surface area contributed by atoms with Crippen LogP contribution in [0.5, 0.6) is 0 Å². The Morgan fingerprint density at radius 3 is 0.669 bits per heavy atom. The summed E-state index contributed by atoms with van der Waals surface area (Å²) in [6.45, 7) is 12.6. The monoisotopic (exact) mass is 1800 g/mol. The third kappa shape index (κ3) is 99.3. The molecule has 9 unspecified atom stereocenters. The zero-order valence-electron chi connectivity index (χ0n) is 85.4. The van der Waals surface area contributed by atoms with Crippen molar-refractivity contribution in [1.82, 2.24) is 16.0 Å². The number of aliphatic hydroxyl groups is 9. The van der Waals surface area contributed by atoms with E-state index in [2.05, 4.69) is 57.5 Å². The molecule has 0 saturated heterocycles. The van der Waals surface area contributed by atoms with Crippen LogP contribution in [-0.4, -0.2) is 138 Å². The van der Waals surface area contributed by atoms with Gasteiger partial charge in [0.15, 0.2) is 0 Å². The smallest absolute Gasteiger partial charge is 0.249 e. The van der Waals surface area contributed by atoms with Crippen molar-refractivity contribution in [3.63, 3.8) is 0 Å². The Morgan fingerprint density at radius 2 is 0.425 bits per heavy atom. The first-order valence-corrected chi connectivity index (χ1v) is 56.3. The van der Waals surface area contributed by atoms with Gasteiger partial charge in [-0.15, -0.1) is 0 Å². The molecule has 127 heavy (non-hydrogen) atoms. The fourth-order valence-electron chi connectivity index (χ4n) is 17.5. The highest BCUT2D eigenvalue weighted by atomic mass is 16.3. The lowest BCUT2D eigenvalue weighted by atomic mass is 10.0. The van der Waals surface area contributed by atoms with Gasteiger partial charge >= 0.3 is 0 Å². The van der Waals surface area contributed by atoms with Gasteiger partial charge in [-0.25, -0.2) is 0 Å². The molecule has 0 radical (unpaired) electrons. The van der Waals surface area contributed by atoms with Crippen LogP contribution in [0, 0.1) is 0 Å². The number of hydrogen-bond donors (Lipinski definition) is 12. The highest BCUT2D eigenvalue weighted by Gasteiger charge is 2.25. The zero-order valence-corrected chi connectivity index (χ0v) is 85.4. The van der Waals surface area contributed by atoms with Crippen LogP contribution >= 0.6 is 0 Å². The molecule has 9 atom stereocenters. The van der Waals surface area contributed by atoms with Crippen LogP contribution in [-0.2, 0) is 14.4 Å².